The van der Waals surface area contributed by atoms with E-state index in [1.165, 1.54) is 0 Å². The molecule has 2 saturated heterocycles. The number of nitrogens with one attached hydrogen (secondary N) is 1. The van der Waals surface area contributed by atoms with Gasteiger partial charge in [-0.2, -0.15) is 5.26 Å². The Morgan fingerprint density at radius 3 is 2.83 bits per heavy atom. The van der Waals surface area contributed by atoms with Gasteiger partial charge in [0.15, 0.2) is 0 Å². The molecule has 2 heterocycles. The van der Waals surface area contributed by atoms with E-state index in [0.717, 1.165) is 25.4 Å². The Morgan fingerprint density at radius 2 is 2.17 bits per heavy atom. The lowest BCUT2D eigenvalue weighted by atomic mass is 9.87. The smallest absolute Gasteiger partial charge is 0.234 e. The summed E-state index contributed by atoms with van der Waals surface area (Å²) < 4.78 is 5.14. The minimum absolute atomic E-state index is 0.244. The molecule has 0 bridgehead atoms. The molecule has 0 aromatic heterocycles. The third kappa shape index (κ3) is 3.06. The fourth-order valence-corrected chi connectivity index (χ4v) is 3.25. The van der Waals surface area contributed by atoms with E-state index in [-0.39, 0.29) is 11.8 Å². The monoisotopic (exact) mass is 313 g/mol. The number of methoxy groups -OCH3 is 1. The first kappa shape index (κ1) is 15.5. The second kappa shape index (κ2) is 6.39. The van der Waals surface area contributed by atoms with Gasteiger partial charge in [0.1, 0.15) is 0 Å². The van der Waals surface area contributed by atoms with Gasteiger partial charge in [0.05, 0.1) is 24.2 Å². The molecule has 6 heteroatoms. The molecule has 3 rings (SSSR count). The second-order valence-corrected chi connectivity index (χ2v) is 6.11. The first-order valence-corrected chi connectivity index (χ1v) is 7.74. The van der Waals surface area contributed by atoms with Crippen LogP contribution in [0, 0.1) is 17.2 Å². The topological polar surface area (TPSA) is 82.4 Å². The molecule has 23 heavy (non-hydrogen) atoms. The maximum Gasteiger partial charge on any atom is 0.234 e. The van der Waals surface area contributed by atoms with Gasteiger partial charge in [0, 0.05) is 38.2 Å². The highest BCUT2D eigenvalue weighted by Gasteiger charge is 2.31. The number of amides is 2. The summed E-state index contributed by atoms with van der Waals surface area (Å²) in [6, 6.07) is 7.82. The molecule has 2 amide bonds. The number of nitriles is 1. The van der Waals surface area contributed by atoms with E-state index < -0.39 is 5.92 Å². The molecule has 120 valence electrons. The molecule has 1 aromatic carbocycles. The van der Waals surface area contributed by atoms with Crippen LogP contribution in [0.25, 0.3) is 0 Å². The molecule has 0 radical (unpaired) electrons. The van der Waals surface area contributed by atoms with Crippen molar-refractivity contribution in [1.82, 2.24) is 5.32 Å². The second-order valence-electron chi connectivity index (χ2n) is 6.11. The Balaban J connectivity index is 1.77. The molecule has 1 unspecified atom stereocenters. The molecular formula is C17H19N3O3. The third-order valence-corrected chi connectivity index (χ3v) is 4.50. The Kier molecular flexibility index (Phi) is 4.30. The van der Waals surface area contributed by atoms with Crippen LogP contribution in [0.5, 0.6) is 0 Å². The van der Waals surface area contributed by atoms with Crippen LogP contribution in [0.15, 0.2) is 18.2 Å². The molecule has 0 saturated carbocycles. The van der Waals surface area contributed by atoms with Crippen molar-refractivity contribution >= 4 is 17.5 Å². The van der Waals surface area contributed by atoms with Crippen molar-refractivity contribution in [2.45, 2.75) is 18.8 Å². The molecule has 6 nitrogen and oxygen atoms in total. The number of piperidine rings is 1. The van der Waals surface area contributed by atoms with Gasteiger partial charge in [-0.15, -0.1) is 0 Å². The Labute approximate surface area is 135 Å². The molecule has 1 atom stereocenters. The standard InChI is InChI=1S/C17H19N3O3/c1-23-10-11-8-20(9-11)13-2-3-14(12(6-13)7-18)15-4-5-16(21)19-17(15)22/h2-3,6,11,15H,4-5,8-10H2,1H3,(H,19,21,22). The fraction of sp³-hybridized carbons (Fsp3) is 0.471. The number of rotatable bonds is 4. The third-order valence-electron chi connectivity index (χ3n) is 4.50. The molecule has 2 aliphatic rings. The summed E-state index contributed by atoms with van der Waals surface area (Å²) in [5.74, 6) is -0.449. The number of nitrogens with zero attached hydrogens (tertiary/aromatic N) is 2. The van der Waals surface area contributed by atoms with E-state index in [4.69, 9.17) is 4.74 Å². The summed E-state index contributed by atoms with van der Waals surface area (Å²) in [7, 11) is 1.70. The Bertz CT molecular complexity index is 674. The zero-order valence-electron chi connectivity index (χ0n) is 13.0. The summed E-state index contributed by atoms with van der Waals surface area (Å²) in [6.07, 6.45) is 0.770. The van der Waals surface area contributed by atoms with E-state index >= 15 is 0 Å². The average Bonchev–Trinajstić information content (AvgIpc) is 2.50. The number of imide groups is 1. The summed E-state index contributed by atoms with van der Waals surface area (Å²) in [4.78, 5) is 25.5. The van der Waals surface area contributed by atoms with Gasteiger partial charge in [0.2, 0.25) is 11.8 Å². The van der Waals surface area contributed by atoms with E-state index in [9.17, 15) is 14.9 Å². The highest BCUT2D eigenvalue weighted by molar-refractivity contribution is 6.01. The van der Waals surface area contributed by atoms with Gasteiger partial charge in [-0.1, -0.05) is 6.07 Å². The lowest BCUT2D eigenvalue weighted by Gasteiger charge is -2.41. The van der Waals surface area contributed by atoms with Crippen LogP contribution >= 0.6 is 0 Å². The van der Waals surface area contributed by atoms with Crippen LogP contribution in [0.4, 0.5) is 5.69 Å². The van der Waals surface area contributed by atoms with Gasteiger partial charge in [-0.25, -0.2) is 0 Å². The highest BCUT2D eigenvalue weighted by Crippen LogP contribution is 2.32. The molecule has 2 aliphatic heterocycles. The Hall–Kier alpha value is -2.39. The normalized spacial score (nSPS) is 21.6. The predicted octanol–water partition coefficient (Wildman–Crippen LogP) is 1.16. The minimum atomic E-state index is -0.422. The van der Waals surface area contributed by atoms with Gasteiger partial charge in [-0.05, 0) is 24.1 Å². The van der Waals surface area contributed by atoms with Crippen molar-refractivity contribution in [2.24, 2.45) is 5.92 Å². The molecular weight excluding hydrogens is 294 g/mol. The zero-order valence-corrected chi connectivity index (χ0v) is 13.0. The lowest BCUT2D eigenvalue weighted by Crippen LogP contribution is -2.48. The molecule has 2 fully saturated rings. The molecule has 1 aromatic rings. The summed E-state index contributed by atoms with van der Waals surface area (Å²) in [6.45, 7) is 2.57. The number of carbonyl (C=O) groups excluding carboxylic acids is 2. The number of hydrogen-bond donors (Lipinski definition) is 1. The van der Waals surface area contributed by atoms with Crippen LogP contribution in [0.2, 0.25) is 0 Å². The van der Waals surface area contributed by atoms with E-state index in [0.29, 0.717) is 29.9 Å². The first-order valence-electron chi connectivity index (χ1n) is 7.74. The highest BCUT2D eigenvalue weighted by atomic mass is 16.5. The van der Waals surface area contributed by atoms with Crippen LogP contribution in [-0.4, -0.2) is 38.6 Å². The van der Waals surface area contributed by atoms with E-state index in [1.54, 1.807) is 7.11 Å². The van der Waals surface area contributed by atoms with Gasteiger partial charge in [-0.3, -0.25) is 14.9 Å². The first-order chi connectivity index (χ1) is 11.1. The summed E-state index contributed by atoms with van der Waals surface area (Å²) >= 11 is 0. The number of carbonyl (C=O) groups is 2. The van der Waals surface area contributed by atoms with Gasteiger partial charge >= 0.3 is 0 Å². The maximum absolute atomic E-state index is 12.0. The molecule has 1 N–H and O–H groups in total. The summed E-state index contributed by atoms with van der Waals surface area (Å²) in [5.41, 5.74) is 2.20. The molecule has 0 spiro atoms. The SMILES string of the molecule is COCC1CN(c2ccc(C3CCC(=O)NC3=O)c(C#N)c2)C1. The van der Waals surface area contributed by atoms with Crippen LogP contribution in [-0.2, 0) is 14.3 Å². The van der Waals surface area contributed by atoms with E-state index in [2.05, 4.69) is 16.3 Å². The van der Waals surface area contributed by atoms with Crippen LogP contribution < -0.4 is 10.2 Å². The zero-order chi connectivity index (χ0) is 16.4. The fourth-order valence-electron chi connectivity index (χ4n) is 3.25. The minimum Gasteiger partial charge on any atom is -0.384 e. The maximum atomic E-state index is 12.0. The van der Waals surface area contributed by atoms with Crippen molar-refractivity contribution in [3.8, 4) is 6.07 Å². The predicted molar refractivity (Wildman–Crippen MR) is 83.9 cm³/mol. The number of benzene rings is 1. The number of anilines is 1. The molecule has 0 aliphatic carbocycles. The number of ether oxygens (including phenoxy) is 1. The van der Waals surface area contributed by atoms with Crippen molar-refractivity contribution in [3.63, 3.8) is 0 Å². The largest absolute Gasteiger partial charge is 0.384 e. The van der Waals surface area contributed by atoms with Gasteiger partial charge in [0.25, 0.3) is 0 Å². The Morgan fingerprint density at radius 1 is 1.39 bits per heavy atom. The van der Waals surface area contributed by atoms with Crippen LogP contribution in [0.3, 0.4) is 0 Å². The van der Waals surface area contributed by atoms with Crippen molar-refractivity contribution in [2.75, 3.05) is 31.7 Å². The van der Waals surface area contributed by atoms with Crippen molar-refractivity contribution in [3.05, 3.63) is 29.3 Å². The van der Waals surface area contributed by atoms with Crippen LogP contribution in [0.1, 0.15) is 29.9 Å². The quantitative estimate of drug-likeness (QED) is 0.844. The van der Waals surface area contributed by atoms with Crippen molar-refractivity contribution < 1.29 is 14.3 Å². The summed E-state index contributed by atoms with van der Waals surface area (Å²) in [5, 5.41) is 11.8. The van der Waals surface area contributed by atoms with Crippen molar-refractivity contribution in [1.29, 1.82) is 5.26 Å². The van der Waals surface area contributed by atoms with E-state index in [1.807, 2.05) is 18.2 Å². The van der Waals surface area contributed by atoms with Gasteiger partial charge < -0.3 is 9.64 Å². The average molecular weight is 313 g/mol. The lowest BCUT2D eigenvalue weighted by molar-refractivity contribution is -0.134. The number of hydrogen-bond acceptors (Lipinski definition) is 5.